The Morgan fingerprint density at radius 1 is 1.12 bits per heavy atom. The van der Waals surface area contributed by atoms with Crippen molar-refractivity contribution in [2.45, 2.75) is 37.9 Å². The molecule has 2 fully saturated rings. The molecule has 8 heteroatoms. The van der Waals surface area contributed by atoms with Crippen LogP contribution in [0.4, 0.5) is 4.79 Å². The SMILES string of the molecule is Cl.O=C(NCC(=O)N1CCC2CCC(C1)N2)NCc1ccc(Cl)cc1. The van der Waals surface area contributed by atoms with E-state index in [4.69, 9.17) is 11.6 Å². The van der Waals surface area contributed by atoms with Crippen LogP contribution in [-0.4, -0.2) is 48.6 Å². The molecule has 2 unspecified atom stereocenters. The van der Waals surface area contributed by atoms with E-state index >= 15 is 0 Å². The molecule has 138 valence electrons. The Hall–Kier alpha value is -1.50. The zero-order chi connectivity index (χ0) is 16.9. The Labute approximate surface area is 159 Å². The van der Waals surface area contributed by atoms with Gasteiger partial charge in [-0.05, 0) is 37.0 Å². The van der Waals surface area contributed by atoms with Gasteiger partial charge in [-0.1, -0.05) is 23.7 Å². The number of nitrogens with zero attached hydrogens (tertiary/aromatic N) is 1. The van der Waals surface area contributed by atoms with Gasteiger partial charge >= 0.3 is 6.03 Å². The minimum atomic E-state index is -0.340. The van der Waals surface area contributed by atoms with Crippen molar-refractivity contribution in [1.82, 2.24) is 20.9 Å². The van der Waals surface area contributed by atoms with Gasteiger partial charge in [0.15, 0.2) is 0 Å². The second kappa shape index (κ2) is 9.27. The number of hydrogen-bond donors (Lipinski definition) is 3. The molecule has 2 saturated heterocycles. The van der Waals surface area contributed by atoms with Crippen molar-refractivity contribution in [2.24, 2.45) is 0 Å². The van der Waals surface area contributed by atoms with Gasteiger partial charge in [-0.25, -0.2) is 4.79 Å². The molecule has 0 aliphatic carbocycles. The number of hydrogen-bond acceptors (Lipinski definition) is 3. The maximum Gasteiger partial charge on any atom is 0.315 e. The third-order valence-electron chi connectivity index (χ3n) is 4.64. The number of carbonyl (C=O) groups is 2. The number of fused-ring (bicyclic) bond motifs is 2. The average molecular weight is 387 g/mol. The predicted octanol–water partition coefficient (Wildman–Crippen LogP) is 1.91. The second-order valence-electron chi connectivity index (χ2n) is 6.43. The van der Waals surface area contributed by atoms with Crippen molar-refractivity contribution in [1.29, 1.82) is 0 Å². The van der Waals surface area contributed by atoms with Crippen molar-refractivity contribution >= 4 is 35.9 Å². The molecular formula is C17H24Cl2N4O2. The molecule has 0 aromatic heterocycles. The molecule has 2 bridgehead atoms. The van der Waals surface area contributed by atoms with E-state index in [2.05, 4.69) is 16.0 Å². The van der Waals surface area contributed by atoms with E-state index in [9.17, 15) is 9.59 Å². The van der Waals surface area contributed by atoms with Gasteiger partial charge in [0.2, 0.25) is 5.91 Å². The Balaban J connectivity index is 0.00000225. The van der Waals surface area contributed by atoms with E-state index in [1.165, 1.54) is 6.42 Å². The van der Waals surface area contributed by atoms with Gasteiger partial charge in [0.1, 0.15) is 0 Å². The van der Waals surface area contributed by atoms with Gasteiger partial charge in [0, 0.05) is 36.7 Å². The maximum atomic E-state index is 12.3. The monoisotopic (exact) mass is 386 g/mol. The van der Waals surface area contributed by atoms with E-state index in [0.717, 1.165) is 31.5 Å². The predicted molar refractivity (Wildman–Crippen MR) is 100 cm³/mol. The van der Waals surface area contributed by atoms with Crippen molar-refractivity contribution in [3.05, 3.63) is 34.9 Å². The van der Waals surface area contributed by atoms with Gasteiger partial charge in [-0.15, -0.1) is 12.4 Å². The van der Waals surface area contributed by atoms with E-state index < -0.39 is 0 Å². The average Bonchev–Trinajstić information content (AvgIpc) is 2.91. The molecule has 6 nitrogen and oxygen atoms in total. The molecule has 2 aliphatic heterocycles. The van der Waals surface area contributed by atoms with Crippen molar-refractivity contribution in [2.75, 3.05) is 19.6 Å². The third kappa shape index (κ3) is 5.76. The fraction of sp³-hybridized carbons (Fsp3) is 0.529. The fourth-order valence-electron chi connectivity index (χ4n) is 3.28. The molecular weight excluding hydrogens is 363 g/mol. The molecule has 2 atom stereocenters. The lowest BCUT2D eigenvalue weighted by Crippen LogP contribution is -2.46. The molecule has 0 spiro atoms. The lowest BCUT2D eigenvalue weighted by atomic mass is 10.1. The van der Waals surface area contributed by atoms with E-state index in [-0.39, 0.29) is 30.9 Å². The number of carbonyl (C=O) groups excluding carboxylic acids is 2. The van der Waals surface area contributed by atoms with E-state index in [1.807, 2.05) is 17.0 Å². The number of amides is 3. The zero-order valence-corrected chi connectivity index (χ0v) is 15.5. The van der Waals surface area contributed by atoms with Crippen LogP contribution in [-0.2, 0) is 11.3 Å². The first-order valence-electron chi connectivity index (χ1n) is 8.40. The molecule has 25 heavy (non-hydrogen) atoms. The Morgan fingerprint density at radius 3 is 2.60 bits per heavy atom. The van der Waals surface area contributed by atoms with Crippen LogP contribution in [0.5, 0.6) is 0 Å². The lowest BCUT2D eigenvalue weighted by molar-refractivity contribution is -0.130. The summed E-state index contributed by atoms with van der Waals surface area (Å²) in [6.45, 7) is 1.93. The smallest absolute Gasteiger partial charge is 0.315 e. The van der Waals surface area contributed by atoms with Gasteiger partial charge in [-0.3, -0.25) is 4.79 Å². The second-order valence-corrected chi connectivity index (χ2v) is 6.87. The number of benzene rings is 1. The van der Waals surface area contributed by atoms with Gasteiger partial charge in [0.05, 0.1) is 6.54 Å². The lowest BCUT2D eigenvalue weighted by Gasteiger charge is -2.24. The summed E-state index contributed by atoms with van der Waals surface area (Å²) in [5.41, 5.74) is 0.954. The Kier molecular flexibility index (Phi) is 7.35. The third-order valence-corrected chi connectivity index (χ3v) is 4.89. The first-order valence-corrected chi connectivity index (χ1v) is 8.78. The summed E-state index contributed by atoms with van der Waals surface area (Å²) in [4.78, 5) is 26.0. The normalized spacial score (nSPS) is 21.9. The van der Waals surface area contributed by atoms with E-state index in [1.54, 1.807) is 12.1 Å². The summed E-state index contributed by atoms with van der Waals surface area (Å²) >= 11 is 5.82. The summed E-state index contributed by atoms with van der Waals surface area (Å²) in [7, 11) is 0. The largest absolute Gasteiger partial charge is 0.340 e. The molecule has 0 radical (unpaired) electrons. The summed E-state index contributed by atoms with van der Waals surface area (Å²) in [5.74, 6) is -0.0222. The summed E-state index contributed by atoms with van der Waals surface area (Å²) < 4.78 is 0. The fourth-order valence-corrected chi connectivity index (χ4v) is 3.41. The van der Waals surface area contributed by atoms with Crippen molar-refractivity contribution in [3.8, 4) is 0 Å². The molecule has 3 rings (SSSR count). The van der Waals surface area contributed by atoms with Crippen LogP contribution in [0.15, 0.2) is 24.3 Å². The molecule has 1 aromatic carbocycles. The first-order chi connectivity index (χ1) is 11.6. The highest BCUT2D eigenvalue weighted by Crippen LogP contribution is 2.20. The zero-order valence-electron chi connectivity index (χ0n) is 14.0. The molecule has 3 amide bonds. The maximum absolute atomic E-state index is 12.3. The van der Waals surface area contributed by atoms with Crippen LogP contribution in [0.1, 0.15) is 24.8 Å². The van der Waals surface area contributed by atoms with Crippen LogP contribution in [0.25, 0.3) is 0 Å². The van der Waals surface area contributed by atoms with Gasteiger partial charge in [0.25, 0.3) is 0 Å². The van der Waals surface area contributed by atoms with Crippen LogP contribution in [0.2, 0.25) is 5.02 Å². The van der Waals surface area contributed by atoms with Crippen LogP contribution < -0.4 is 16.0 Å². The topological polar surface area (TPSA) is 73.5 Å². The minimum absolute atomic E-state index is 0. The molecule has 0 saturated carbocycles. The molecule has 1 aromatic rings. The number of halogens is 2. The highest BCUT2D eigenvalue weighted by molar-refractivity contribution is 6.30. The van der Waals surface area contributed by atoms with Crippen molar-refractivity contribution in [3.63, 3.8) is 0 Å². The number of rotatable bonds is 4. The highest BCUT2D eigenvalue weighted by atomic mass is 35.5. The van der Waals surface area contributed by atoms with E-state index in [0.29, 0.717) is 23.7 Å². The summed E-state index contributed by atoms with van der Waals surface area (Å²) in [5, 5.41) is 9.58. The molecule has 2 heterocycles. The molecule has 2 aliphatic rings. The standard InChI is InChI=1S/C17H23ClN4O2.ClH/c18-13-3-1-12(2-4-13)9-19-17(24)20-10-16(23)22-8-7-14-5-6-15(11-22)21-14;/h1-4,14-15,21H,5-11H2,(H2,19,20,24);1H. The first kappa shape index (κ1) is 19.8. The molecule has 3 N–H and O–H groups in total. The Bertz CT molecular complexity index is 597. The highest BCUT2D eigenvalue weighted by Gasteiger charge is 2.30. The number of likely N-dealkylation sites (tertiary alicyclic amines) is 1. The number of nitrogens with one attached hydrogen (secondary N) is 3. The number of urea groups is 1. The van der Waals surface area contributed by atoms with Crippen LogP contribution >= 0.6 is 24.0 Å². The Morgan fingerprint density at radius 2 is 1.84 bits per heavy atom. The quantitative estimate of drug-likeness (QED) is 0.739. The van der Waals surface area contributed by atoms with Gasteiger partial charge in [-0.2, -0.15) is 0 Å². The van der Waals surface area contributed by atoms with Crippen LogP contribution in [0, 0.1) is 0 Å². The van der Waals surface area contributed by atoms with Crippen molar-refractivity contribution < 1.29 is 9.59 Å². The van der Waals surface area contributed by atoms with Gasteiger partial charge < -0.3 is 20.9 Å². The summed E-state index contributed by atoms with van der Waals surface area (Å²) in [6.07, 6.45) is 3.33. The van der Waals surface area contributed by atoms with Crippen LogP contribution in [0.3, 0.4) is 0 Å². The minimum Gasteiger partial charge on any atom is -0.340 e. The summed E-state index contributed by atoms with van der Waals surface area (Å²) in [6, 6.07) is 7.87.